The molecule has 0 aromatic heterocycles. The number of hydrogen-bond donors (Lipinski definition) is 0. The Morgan fingerprint density at radius 3 is 1.69 bits per heavy atom. The summed E-state index contributed by atoms with van der Waals surface area (Å²) in [6.45, 7) is 15.7. The molecule has 2 aliphatic heterocycles. The van der Waals surface area contributed by atoms with Crippen LogP contribution in [-0.4, -0.2) is 71.1 Å². The van der Waals surface area contributed by atoms with Crippen LogP contribution in [0.3, 0.4) is 0 Å². The summed E-state index contributed by atoms with van der Waals surface area (Å²) >= 11 is 1.63. The molecular weight excluding hydrogens is 434 g/mol. The molecule has 0 spiro atoms. The van der Waals surface area contributed by atoms with Crippen LogP contribution in [0.5, 0.6) is 0 Å². The number of ether oxygens (including phenoxy) is 3. The Balaban J connectivity index is 2.52. The standard InChI is InChI=1S/C23H37NO7S/c1-21(2,3)18(26)29-14-13-12-32-11-10-24(13)17(25)16(31-20(28)23(7,8)9)15(14)30-19(27)22(4,5)6/h13-16H,10-12H2,1-9H3/t13-,14+,15-,16+/m0/s1. The van der Waals surface area contributed by atoms with Crippen molar-refractivity contribution in [3.63, 3.8) is 0 Å². The summed E-state index contributed by atoms with van der Waals surface area (Å²) in [6, 6.07) is -0.477. The van der Waals surface area contributed by atoms with Crippen LogP contribution in [0.25, 0.3) is 0 Å². The molecule has 0 aromatic rings. The number of fused-ring (bicyclic) bond motifs is 1. The van der Waals surface area contributed by atoms with E-state index in [1.165, 1.54) is 0 Å². The zero-order chi connectivity index (χ0) is 24.6. The molecule has 0 aromatic carbocycles. The lowest BCUT2D eigenvalue weighted by atomic mass is 9.90. The van der Waals surface area contributed by atoms with Gasteiger partial charge in [0.1, 0.15) is 0 Å². The second kappa shape index (κ2) is 9.23. The van der Waals surface area contributed by atoms with Crippen molar-refractivity contribution in [1.82, 2.24) is 4.90 Å². The van der Waals surface area contributed by atoms with Gasteiger partial charge in [-0.1, -0.05) is 0 Å². The first-order valence-electron chi connectivity index (χ1n) is 11.0. The van der Waals surface area contributed by atoms with E-state index in [4.69, 9.17) is 14.2 Å². The van der Waals surface area contributed by atoms with Gasteiger partial charge in [-0.15, -0.1) is 0 Å². The lowest BCUT2D eigenvalue weighted by molar-refractivity contribution is -0.215. The molecule has 1 amide bonds. The van der Waals surface area contributed by atoms with Crippen molar-refractivity contribution >= 4 is 35.6 Å². The monoisotopic (exact) mass is 471 g/mol. The predicted octanol–water partition coefficient (Wildman–Crippen LogP) is 2.82. The van der Waals surface area contributed by atoms with Gasteiger partial charge in [-0.2, -0.15) is 11.8 Å². The van der Waals surface area contributed by atoms with Gasteiger partial charge in [-0.3, -0.25) is 19.2 Å². The fraction of sp³-hybridized carbons (Fsp3) is 0.826. The molecule has 0 bridgehead atoms. The van der Waals surface area contributed by atoms with Crippen molar-refractivity contribution in [3.8, 4) is 0 Å². The van der Waals surface area contributed by atoms with Gasteiger partial charge in [0.2, 0.25) is 6.10 Å². The molecular formula is C23H37NO7S. The average Bonchev–Trinajstić information content (AvgIpc) is 2.64. The Morgan fingerprint density at radius 1 is 0.781 bits per heavy atom. The number of hydrogen-bond acceptors (Lipinski definition) is 8. The number of carbonyl (C=O) groups excluding carboxylic acids is 4. The van der Waals surface area contributed by atoms with Crippen LogP contribution in [0, 0.1) is 16.2 Å². The van der Waals surface area contributed by atoms with Gasteiger partial charge in [-0.05, 0) is 62.3 Å². The lowest BCUT2D eigenvalue weighted by Crippen LogP contribution is -2.69. The van der Waals surface area contributed by atoms with Crippen molar-refractivity contribution in [2.24, 2.45) is 16.2 Å². The topological polar surface area (TPSA) is 99.2 Å². The number of nitrogens with zero attached hydrogens (tertiary/aromatic N) is 1. The van der Waals surface area contributed by atoms with Crippen molar-refractivity contribution < 1.29 is 33.4 Å². The van der Waals surface area contributed by atoms with Gasteiger partial charge in [-0.25, -0.2) is 0 Å². The van der Waals surface area contributed by atoms with E-state index in [1.54, 1.807) is 79.0 Å². The van der Waals surface area contributed by atoms with Gasteiger partial charge in [0, 0.05) is 18.1 Å². The quantitative estimate of drug-likeness (QED) is 0.458. The minimum absolute atomic E-state index is 0.428. The van der Waals surface area contributed by atoms with Crippen LogP contribution in [0.4, 0.5) is 0 Å². The van der Waals surface area contributed by atoms with E-state index in [0.717, 1.165) is 0 Å². The van der Waals surface area contributed by atoms with Crippen molar-refractivity contribution in [2.45, 2.75) is 86.7 Å². The van der Waals surface area contributed by atoms with Crippen LogP contribution in [0.15, 0.2) is 0 Å². The molecule has 2 aliphatic rings. The summed E-state index contributed by atoms with van der Waals surface area (Å²) in [5.41, 5.74) is -2.53. The fourth-order valence-electron chi connectivity index (χ4n) is 3.15. The third-order valence-electron chi connectivity index (χ3n) is 5.25. The van der Waals surface area contributed by atoms with Gasteiger partial charge < -0.3 is 19.1 Å². The number of esters is 3. The molecule has 9 heteroatoms. The molecule has 0 N–H and O–H groups in total. The molecule has 2 rings (SSSR count). The maximum absolute atomic E-state index is 13.4. The van der Waals surface area contributed by atoms with E-state index in [2.05, 4.69) is 0 Å². The van der Waals surface area contributed by atoms with Crippen molar-refractivity contribution in [2.75, 3.05) is 18.1 Å². The fourth-order valence-corrected chi connectivity index (χ4v) is 4.25. The summed E-state index contributed by atoms with van der Waals surface area (Å²) in [6.07, 6.45) is -3.56. The molecule has 4 atom stereocenters. The first kappa shape index (κ1) is 26.5. The van der Waals surface area contributed by atoms with Crippen LogP contribution in [-0.2, 0) is 33.4 Å². The molecule has 0 aliphatic carbocycles. The SMILES string of the molecule is CC(C)(C)C(=O)O[C@H]1[C@H](OC(=O)C(C)(C)C)[C@@H]2CSCCN2C(=O)[C@@H]1OC(=O)C(C)(C)C. The third kappa shape index (κ3) is 5.97. The highest BCUT2D eigenvalue weighted by Crippen LogP contribution is 2.35. The number of amides is 1. The normalized spacial score (nSPS) is 26.8. The van der Waals surface area contributed by atoms with E-state index in [1.807, 2.05) is 0 Å². The van der Waals surface area contributed by atoms with Gasteiger partial charge in [0.25, 0.3) is 5.91 Å². The highest BCUT2D eigenvalue weighted by Gasteiger charge is 2.56. The highest BCUT2D eigenvalue weighted by molar-refractivity contribution is 7.99. The highest BCUT2D eigenvalue weighted by atomic mass is 32.2. The summed E-state index contributed by atoms with van der Waals surface area (Å²) in [5, 5.41) is 0. The zero-order valence-electron chi connectivity index (χ0n) is 20.6. The number of thioether (sulfide) groups is 1. The maximum Gasteiger partial charge on any atom is 0.312 e. The third-order valence-corrected chi connectivity index (χ3v) is 6.30. The van der Waals surface area contributed by atoms with Crippen molar-refractivity contribution in [1.29, 1.82) is 0 Å². The van der Waals surface area contributed by atoms with Crippen molar-refractivity contribution in [3.05, 3.63) is 0 Å². The molecule has 2 saturated heterocycles. The van der Waals surface area contributed by atoms with E-state index >= 15 is 0 Å². The Morgan fingerprint density at radius 2 is 1.22 bits per heavy atom. The van der Waals surface area contributed by atoms with Crippen LogP contribution in [0.2, 0.25) is 0 Å². The smallest absolute Gasteiger partial charge is 0.312 e. The zero-order valence-corrected chi connectivity index (χ0v) is 21.5. The molecule has 2 fully saturated rings. The average molecular weight is 472 g/mol. The first-order chi connectivity index (χ1) is 14.4. The molecule has 8 nitrogen and oxygen atoms in total. The van der Waals surface area contributed by atoms with E-state index in [9.17, 15) is 19.2 Å². The molecule has 182 valence electrons. The van der Waals surface area contributed by atoms with Gasteiger partial charge >= 0.3 is 17.9 Å². The summed E-state index contributed by atoms with van der Waals surface area (Å²) in [5.74, 6) is -0.835. The molecule has 0 radical (unpaired) electrons. The molecule has 2 heterocycles. The lowest BCUT2D eigenvalue weighted by Gasteiger charge is -2.49. The van der Waals surface area contributed by atoms with Gasteiger partial charge in [0.05, 0.1) is 22.3 Å². The number of rotatable bonds is 3. The maximum atomic E-state index is 13.4. The second-order valence-corrected chi connectivity index (χ2v) is 12.6. The minimum Gasteiger partial charge on any atom is -0.456 e. The Labute approximate surface area is 195 Å². The van der Waals surface area contributed by atoms with Gasteiger partial charge in [0.15, 0.2) is 12.2 Å². The summed E-state index contributed by atoms with van der Waals surface area (Å²) < 4.78 is 17.3. The number of piperidine rings is 1. The molecule has 32 heavy (non-hydrogen) atoms. The van der Waals surface area contributed by atoms with E-state index in [0.29, 0.717) is 18.1 Å². The number of carbonyl (C=O) groups is 4. The second-order valence-electron chi connectivity index (χ2n) is 11.5. The molecule has 0 saturated carbocycles. The largest absolute Gasteiger partial charge is 0.456 e. The molecule has 0 unspecified atom stereocenters. The first-order valence-corrected chi connectivity index (χ1v) is 12.1. The Bertz CT molecular complexity index is 760. The minimum atomic E-state index is -1.38. The van der Waals surface area contributed by atoms with E-state index in [-0.39, 0.29) is 0 Å². The van der Waals surface area contributed by atoms with Crippen LogP contribution < -0.4 is 0 Å². The Hall–Kier alpha value is -1.77. The predicted molar refractivity (Wildman–Crippen MR) is 121 cm³/mol. The van der Waals surface area contributed by atoms with Crippen LogP contribution in [0.1, 0.15) is 62.3 Å². The van der Waals surface area contributed by atoms with Crippen LogP contribution >= 0.6 is 11.8 Å². The summed E-state index contributed by atoms with van der Waals surface area (Å²) in [4.78, 5) is 53.4. The van der Waals surface area contributed by atoms with E-state index < -0.39 is 64.4 Å². The Kier molecular flexibility index (Phi) is 7.64. The summed E-state index contributed by atoms with van der Waals surface area (Å²) in [7, 11) is 0.